The van der Waals surface area contributed by atoms with Crippen LogP contribution in [-0.2, 0) is 0 Å². The fourth-order valence-electron chi connectivity index (χ4n) is 1.74. The summed E-state index contributed by atoms with van der Waals surface area (Å²) in [6, 6.07) is 1.94. The molecule has 1 aliphatic rings. The van der Waals surface area contributed by atoms with Crippen LogP contribution < -0.4 is 5.32 Å². The maximum Gasteiger partial charge on any atom is 0.174 e. The Balaban J connectivity index is 1.98. The molecule has 1 N–H and O–H groups in total. The zero-order valence-corrected chi connectivity index (χ0v) is 10.2. The molecule has 0 radical (unpaired) electrons. The van der Waals surface area contributed by atoms with Gasteiger partial charge < -0.3 is 5.32 Å². The lowest BCUT2D eigenvalue weighted by atomic mass is 10.0. The zero-order chi connectivity index (χ0) is 9.97. The van der Waals surface area contributed by atoms with Crippen LogP contribution >= 0.6 is 27.3 Å². The van der Waals surface area contributed by atoms with Crippen molar-refractivity contribution in [2.45, 2.75) is 12.8 Å². The second-order valence-corrected chi connectivity index (χ2v) is 5.35. The van der Waals surface area contributed by atoms with Crippen LogP contribution in [0.2, 0.25) is 0 Å². The molecule has 76 valence electrons. The van der Waals surface area contributed by atoms with Crippen LogP contribution in [0.15, 0.2) is 15.9 Å². The standard InChI is InChI=1S/C10H12BrNOS/c11-8-2-4-14-10(8)9(13)5-7-1-3-12-6-7/h2,4,7,12H,1,3,5-6H2. The molecule has 0 amide bonds. The Morgan fingerprint density at radius 1 is 1.71 bits per heavy atom. The van der Waals surface area contributed by atoms with E-state index >= 15 is 0 Å². The largest absolute Gasteiger partial charge is 0.316 e. The van der Waals surface area contributed by atoms with Crippen LogP contribution in [0.25, 0.3) is 0 Å². The summed E-state index contributed by atoms with van der Waals surface area (Å²) in [6.45, 7) is 2.05. The molecule has 1 aromatic rings. The van der Waals surface area contributed by atoms with Gasteiger partial charge in [-0.15, -0.1) is 11.3 Å². The minimum Gasteiger partial charge on any atom is -0.316 e. The van der Waals surface area contributed by atoms with Gasteiger partial charge in [0, 0.05) is 10.9 Å². The molecule has 2 nitrogen and oxygen atoms in total. The second-order valence-electron chi connectivity index (χ2n) is 3.58. The summed E-state index contributed by atoms with van der Waals surface area (Å²) >= 11 is 4.91. The van der Waals surface area contributed by atoms with Gasteiger partial charge in [0.1, 0.15) is 0 Å². The average molecular weight is 274 g/mol. The number of carbonyl (C=O) groups excluding carboxylic acids is 1. The topological polar surface area (TPSA) is 29.1 Å². The first-order valence-corrected chi connectivity index (χ1v) is 6.41. The van der Waals surface area contributed by atoms with Crippen molar-refractivity contribution in [3.05, 3.63) is 20.8 Å². The van der Waals surface area contributed by atoms with Gasteiger partial charge in [-0.1, -0.05) is 0 Å². The molecule has 1 unspecified atom stereocenters. The van der Waals surface area contributed by atoms with Crippen LogP contribution in [-0.4, -0.2) is 18.9 Å². The third-order valence-electron chi connectivity index (χ3n) is 2.51. The first-order valence-electron chi connectivity index (χ1n) is 4.74. The third kappa shape index (κ3) is 2.24. The molecule has 0 aliphatic carbocycles. The van der Waals surface area contributed by atoms with Crippen molar-refractivity contribution < 1.29 is 4.79 Å². The normalized spacial score (nSPS) is 21.4. The maximum absolute atomic E-state index is 11.8. The summed E-state index contributed by atoms with van der Waals surface area (Å²) in [6.07, 6.45) is 1.82. The van der Waals surface area contributed by atoms with Crippen molar-refractivity contribution in [2.24, 2.45) is 5.92 Å². The highest BCUT2D eigenvalue weighted by atomic mass is 79.9. The molecule has 1 aromatic heterocycles. The number of hydrogen-bond donors (Lipinski definition) is 1. The van der Waals surface area contributed by atoms with Gasteiger partial charge >= 0.3 is 0 Å². The van der Waals surface area contributed by atoms with Crippen molar-refractivity contribution in [1.82, 2.24) is 5.32 Å². The van der Waals surface area contributed by atoms with E-state index in [0.717, 1.165) is 28.9 Å². The van der Waals surface area contributed by atoms with Crippen molar-refractivity contribution in [2.75, 3.05) is 13.1 Å². The van der Waals surface area contributed by atoms with Gasteiger partial charge in [0.15, 0.2) is 5.78 Å². The Hall–Kier alpha value is -0.190. The van der Waals surface area contributed by atoms with E-state index in [1.165, 1.54) is 11.3 Å². The van der Waals surface area contributed by atoms with Crippen molar-refractivity contribution in [3.8, 4) is 0 Å². The Bertz CT molecular complexity index is 331. The third-order valence-corrected chi connectivity index (χ3v) is 4.39. The molecule has 1 fully saturated rings. The molecule has 0 aromatic carbocycles. The Morgan fingerprint density at radius 2 is 2.57 bits per heavy atom. The van der Waals surface area contributed by atoms with Crippen LogP contribution in [0, 0.1) is 5.92 Å². The summed E-state index contributed by atoms with van der Waals surface area (Å²) in [5.74, 6) is 0.817. The van der Waals surface area contributed by atoms with Gasteiger partial charge in [0.05, 0.1) is 4.88 Å². The minimum absolute atomic E-state index is 0.278. The maximum atomic E-state index is 11.8. The minimum atomic E-state index is 0.278. The number of thiophene rings is 1. The van der Waals surface area contributed by atoms with Gasteiger partial charge in [-0.2, -0.15) is 0 Å². The van der Waals surface area contributed by atoms with Crippen LogP contribution in [0.5, 0.6) is 0 Å². The molecule has 1 atom stereocenters. The molecule has 4 heteroatoms. The lowest BCUT2D eigenvalue weighted by molar-refractivity contribution is 0.0968. The van der Waals surface area contributed by atoms with E-state index < -0.39 is 0 Å². The van der Waals surface area contributed by atoms with Crippen molar-refractivity contribution in [3.63, 3.8) is 0 Å². The number of nitrogens with one attached hydrogen (secondary N) is 1. The Kier molecular flexibility index (Phi) is 3.36. The molecule has 1 saturated heterocycles. The first-order chi connectivity index (χ1) is 6.77. The smallest absolute Gasteiger partial charge is 0.174 e. The van der Waals surface area contributed by atoms with Gasteiger partial charge in [-0.05, 0) is 52.8 Å². The van der Waals surface area contributed by atoms with E-state index in [1.807, 2.05) is 11.4 Å². The van der Waals surface area contributed by atoms with E-state index in [4.69, 9.17) is 0 Å². The molecular weight excluding hydrogens is 262 g/mol. The van der Waals surface area contributed by atoms with Gasteiger partial charge in [-0.25, -0.2) is 0 Å². The second kappa shape index (κ2) is 4.55. The molecule has 14 heavy (non-hydrogen) atoms. The fraction of sp³-hybridized carbons (Fsp3) is 0.500. The predicted molar refractivity (Wildman–Crippen MR) is 61.9 cm³/mol. The lowest BCUT2D eigenvalue weighted by Crippen LogP contribution is -2.12. The lowest BCUT2D eigenvalue weighted by Gasteiger charge is -2.05. The van der Waals surface area contributed by atoms with E-state index in [1.54, 1.807) is 0 Å². The average Bonchev–Trinajstić information content (AvgIpc) is 2.75. The Morgan fingerprint density at radius 3 is 3.14 bits per heavy atom. The molecule has 0 saturated carbocycles. The number of rotatable bonds is 3. The summed E-state index contributed by atoms with van der Waals surface area (Å²) in [4.78, 5) is 12.7. The zero-order valence-electron chi connectivity index (χ0n) is 7.75. The van der Waals surface area contributed by atoms with Crippen LogP contribution in [0.3, 0.4) is 0 Å². The monoisotopic (exact) mass is 273 g/mol. The van der Waals surface area contributed by atoms with Crippen molar-refractivity contribution >= 4 is 33.0 Å². The highest BCUT2D eigenvalue weighted by Gasteiger charge is 2.20. The van der Waals surface area contributed by atoms with Gasteiger partial charge in [0.2, 0.25) is 0 Å². The van der Waals surface area contributed by atoms with Gasteiger partial charge in [0.25, 0.3) is 0 Å². The SMILES string of the molecule is O=C(CC1CCNC1)c1sccc1Br. The highest BCUT2D eigenvalue weighted by molar-refractivity contribution is 9.10. The highest BCUT2D eigenvalue weighted by Crippen LogP contribution is 2.26. The number of carbonyl (C=O) groups is 1. The number of halogens is 1. The summed E-state index contributed by atoms with van der Waals surface area (Å²) < 4.78 is 0.943. The quantitative estimate of drug-likeness (QED) is 0.859. The summed E-state index contributed by atoms with van der Waals surface area (Å²) in [5, 5.41) is 5.23. The molecule has 0 bridgehead atoms. The van der Waals surface area contributed by atoms with E-state index in [-0.39, 0.29) is 5.78 Å². The van der Waals surface area contributed by atoms with E-state index in [9.17, 15) is 4.79 Å². The molecule has 2 heterocycles. The van der Waals surface area contributed by atoms with Crippen LogP contribution in [0.1, 0.15) is 22.5 Å². The summed E-state index contributed by atoms with van der Waals surface area (Å²) in [7, 11) is 0. The number of Topliss-reactive ketones (excluding diaryl/α,β-unsaturated/α-hetero) is 1. The molecular formula is C10H12BrNOS. The summed E-state index contributed by atoms with van der Waals surface area (Å²) in [5.41, 5.74) is 0. The predicted octanol–water partition coefficient (Wildman–Crippen LogP) is 2.69. The molecule has 0 spiro atoms. The number of hydrogen-bond acceptors (Lipinski definition) is 3. The fourth-order valence-corrected chi connectivity index (χ4v) is 3.28. The van der Waals surface area contributed by atoms with E-state index in [2.05, 4.69) is 21.2 Å². The van der Waals surface area contributed by atoms with E-state index in [0.29, 0.717) is 12.3 Å². The van der Waals surface area contributed by atoms with Crippen LogP contribution in [0.4, 0.5) is 0 Å². The first kappa shape index (κ1) is 10.3. The van der Waals surface area contributed by atoms with Crippen molar-refractivity contribution in [1.29, 1.82) is 0 Å². The number of ketones is 1. The molecule has 2 rings (SSSR count). The van der Waals surface area contributed by atoms with Gasteiger partial charge in [-0.3, -0.25) is 4.79 Å². The molecule has 1 aliphatic heterocycles. The Labute approximate surface area is 95.8 Å².